The molecule has 0 saturated carbocycles. The first kappa shape index (κ1) is 12.1. The van der Waals surface area contributed by atoms with E-state index >= 15 is 0 Å². The van der Waals surface area contributed by atoms with Crippen molar-refractivity contribution in [3.8, 4) is 0 Å². The molecule has 1 aliphatic heterocycles. The minimum absolute atomic E-state index is 0.0752. The number of nitrogens with zero attached hydrogens (tertiary/aromatic N) is 2. The second kappa shape index (κ2) is 4.63. The van der Waals surface area contributed by atoms with Crippen LogP contribution in [0.5, 0.6) is 0 Å². The molecule has 2 aromatic rings. The number of carbonyl (C=O) groups excluding carboxylic acids is 1. The van der Waals surface area contributed by atoms with Crippen molar-refractivity contribution in [3.05, 3.63) is 58.6 Å². The third-order valence-corrected chi connectivity index (χ3v) is 3.51. The van der Waals surface area contributed by atoms with Gasteiger partial charge in [-0.3, -0.25) is 9.78 Å². The molecule has 1 aliphatic rings. The van der Waals surface area contributed by atoms with Gasteiger partial charge >= 0.3 is 0 Å². The van der Waals surface area contributed by atoms with Crippen LogP contribution in [0, 0.1) is 5.82 Å². The van der Waals surface area contributed by atoms with E-state index in [1.807, 2.05) is 0 Å². The first-order valence-corrected chi connectivity index (χ1v) is 6.25. The number of aromatic nitrogens is 1. The number of halogens is 2. The average molecular weight is 277 g/mol. The van der Waals surface area contributed by atoms with E-state index in [0.717, 1.165) is 17.7 Å². The van der Waals surface area contributed by atoms with Gasteiger partial charge in [0, 0.05) is 18.9 Å². The molecule has 3 rings (SSSR count). The fourth-order valence-corrected chi connectivity index (χ4v) is 2.52. The molecule has 1 amide bonds. The van der Waals surface area contributed by atoms with E-state index in [1.54, 1.807) is 23.4 Å². The summed E-state index contributed by atoms with van der Waals surface area (Å²) in [4.78, 5) is 18.0. The van der Waals surface area contributed by atoms with E-state index in [-0.39, 0.29) is 10.6 Å². The highest BCUT2D eigenvalue weighted by Crippen LogP contribution is 2.30. The molecule has 0 atom stereocenters. The standard InChI is InChI=1S/C14H10ClFN2O/c15-10-2-1-3-11(16)13(10)14(19)18-7-5-9-8-17-6-4-12(9)18/h1-4,6,8H,5,7H2. The second-order valence-electron chi connectivity index (χ2n) is 4.31. The quantitative estimate of drug-likeness (QED) is 0.802. The number of rotatable bonds is 1. The highest BCUT2D eigenvalue weighted by molar-refractivity contribution is 6.34. The Balaban J connectivity index is 2.03. The number of hydrogen-bond donors (Lipinski definition) is 0. The zero-order chi connectivity index (χ0) is 13.4. The summed E-state index contributed by atoms with van der Waals surface area (Å²) in [6, 6.07) is 6.00. The number of anilines is 1. The Labute approximate surface area is 114 Å². The molecule has 0 saturated heterocycles. The number of fused-ring (bicyclic) bond motifs is 1. The molecule has 0 radical (unpaired) electrons. The van der Waals surface area contributed by atoms with Gasteiger partial charge < -0.3 is 4.90 Å². The first-order chi connectivity index (χ1) is 9.18. The van der Waals surface area contributed by atoms with Crippen LogP contribution in [0.3, 0.4) is 0 Å². The van der Waals surface area contributed by atoms with E-state index in [1.165, 1.54) is 18.2 Å². The molecule has 0 bridgehead atoms. The normalized spacial score (nSPS) is 13.5. The van der Waals surface area contributed by atoms with Crippen molar-refractivity contribution in [2.24, 2.45) is 0 Å². The highest BCUT2D eigenvalue weighted by atomic mass is 35.5. The molecule has 19 heavy (non-hydrogen) atoms. The van der Waals surface area contributed by atoms with Crippen LogP contribution in [0.15, 0.2) is 36.7 Å². The largest absolute Gasteiger partial charge is 0.308 e. The van der Waals surface area contributed by atoms with Gasteiger partial charge in [-0.25, -0.2) is 4.39 Å². The van der Waals surface area contributed by atoms with Crippen LogP contribution in [-0.4, -0.2) is 17.4 Å². The molecule has 5 heteroatoms. The maximum absolute atomic E-state index is 13.8. The lowest BCUT2D eigenvalue weighted by molar-refractivity contribution is 0.0985. The summed E-state index contributed by atoms with van der Waals surface area (Å²) in [5.41, 5.74) is 1.69. The molecule has 1 aromatic heterocycles. The lowest BCUT2D eigenvalue weighted by atomic mass is 10.1. The number of hydrogen-bond acceptors (Lipinski definition) is 2. The molecule has 0 spiro atoms. The van der Waals surface area contributed by atoms with Crippen molar-refractivity contribution < 1.29 is 9.18 Å². The maximum atomic E-state index is 13.8. The van der Waals surface area contributed by atoms with E-state index in [2.05, 4.69) is 4.98 Å². The molecular formula is C14H10ClFN2O. The van der Waals surface area contributed by atoms with Crippen molar-refractivity contribution in [2.75, 3.05) is 11.4 Å². The summed E-state index contributed by atoms with van der Waals surface area (Å²) in [5.74, 6) is -1.01. The van der Waals surface area contributed by atoms with Gasteiger partial charge in [-0.1, -0.05) is 17.7 Å². The number of carbonyl (C=O) groups is 1. The number of pyridine rings is 1. The van der Waals surface area contributed by atoms with Crippen molar-refractivity contribution in [2.45, 2.75) is 6.42 Å². The maximum Gasteiger partial charge on any atom is 0.262 e. The summed E-state index contributed by atoms with van der Waals surface area (Å²) in [5, 5.41) is 0.132. The summed E-state index contributed by atoms with van der Waals surface area (Å²) in [6.07, 6.45) is 4.07. The Kier molecular flexibility index (Phi) is 2.95. The fourth-order valence-electron chi connectivity index (χ4n) is 2.28. The molecule has 0 N–H and O–H groups in total. The van der Waals surface area contributed by atoms with Gasteiger partial charge in [-0.05, 0) is 30.2 Å². The molecular weight excluding hydrogens is 267 g/mol. The van der Waals surface area contributed by atoms with E-state index in [0.29, 0.717) is 6.54 Å². The fraction of sp³-hybridized carbons (Fsp3) is 0.143. The number of benzene rings is 1. The SMILES string of the molecule is O=C(c1c(F)cccc1Cl)N1CCc2cnccc21. The summed E-state index contributed by atoms with van der Waals surface area (Å²) < 4.78 is 13.8. The zero-order valence-electron chi connectivity index (χ0n) is 9.94. The topological polar surface area (TPSA) is 33.2 Å². The van der Waals surface area contributed by atoms with E-state index in [9.17, 15) is 9.18 Å². The lowest BCUT2D eigenvalue weighted by Gasteiger charge is -2.18. The van der Waals surface area contributed by atoms with Gasteiger partial charge in [0.2, 0.25) is 0 Å². The van der Waals surface area contributed by atoms with E-state index < -0.39 is 11.7 Å². The average Bonchev–Trinajstić information content (AvgIpc) is 2.82. The minimum Gasteiger partial charge on any atom is -0.308 e. The molecule has 3 nitrogen and oxygen atoms in total. The Morgan fingerprint density at radius 3 is 3.00 bits per heavy atom. The van der Waals surface area contributed by atoms with Crippen LogP contribution in [-0.2, 0) is 6.42 Å². The van der Waals surface area contributed by atoms with Crippen molar-refractivity contribution >= 4 is 23.2 Å². The first-order valence-electron chi connectivity index (χ1n) is 5.87. The van der Waals surface area contributed by atoms with Crippen molar-refractivity contribution in [1.82, 2.24) is 4.98 Å². The van der Waals surface area contributed by atoms with Crippen LogP contribution in [0.25, 0.3) is 0 Å². The van der Waals surface area contributed by atoms with Gasteiger partial charge in [0.25, 0.3) is 5.91 Å². The van der Waals surface area contributed by atoms with Crippen LogP contribution >= 0.6 is 11.6 Å². The van der Waals surface area contributed by atoms with Crippen LogP contribution in [0.2, 0.25) is 5.02 Å². The third-order valence-electron chi connectivity index (χ3n) is 3.20. The monoisotopic (exact) mass is 276 g/mol. The molecule has 96 valence electrons. The van der Waals surface area contributed by atoms with Crippen LogP contribution in [0.1, 0.15) is 15.9 Å². The Bertz CT molecular complexity index is 639. The minimum atomic E-state index is -0.597. The molecule has 0 aliphatic carbocycles. The lowest BCUT2D eigenvalue weighted by Crippen LogP contribution is -2.29. The Morgan fingerprint density at radius 2 is 2.21 bits per heavy atom. The molecule has 0 unspecified atom stereocenters. The summed E-state index contributed by atoms with van der Waals surface area (Å²) in [7, 11) is 0. The smallest absolute Gasteiger partial charge is 0.262 e. The summed E-state index contributed by atoms with van der Waals surface area (Å²) >= 11 is 5.93. The van der Waals surface area contributed by atoms with Gasteiger partial charge in [0.05, 0.1) is 16.3 Å². The van der Waals surface area contributed by atoms with E-state index in [4.69, 9.17) is 11.6 Å². The summed E-state index contributed by atoms with van der Waals surface area (Å²) in [6.45, 7) is 0.518. The van der Waals surface area contributed by atoms with Gasteiger partial charge in [0.1, 0.15) is 5.82 Å². The highest BCUT2D eigenvalue weighted by Gasteiger charge is 2.28. The Morgan fingerprint density at radius 1 is 1.37 bits per heavy atom. The van der Waals surface area contributed by atoms with Gasteiger partial charge in [-0.2, -0.15) is 0 Å². The number of amides is 1. The molecule has 2 heterocycles. The van der Waals surface area contributed by atoms with Gasteiger partial charge in [-0.15, -0.1) is 0 Å². The predicted octanol–water partition coefficient (Wildman–Crippen LogP) is 3.08. The van der Waals surface area contributed by atoms with Crippen LogP contribution in [0.4, 0.5) is 10.1 Å². The zero-order valence-corrected chi connectivity index (χ0v) is 10.7. The van der Waals surface area contributed by atoms with Crippen LogP contribution < -0.4 is 4.90 Å². The predicted molar refractivity (Wildman–Crippen MR) is 71.0 cm³/mol. The molecule has 1 aromatic carbocycles. The van der Waals surface area contributed by atoms with Crippen molar-refractivity contribution in [3.63, 3.8) is 0 Å². The Hall–Kier alpha value is -1.94. The molecule has 0 fully saturated rings. The third kappa shape index (κ3) is 1.98. The second-order valence-corrected chi connectivity index (χ2v) is 4.72. The van der Waals surface area contributed by atoms with Gasteiger partial charge in [0.15, 0.2) is 0 Å². The van der Waals surface area contributed by atoms with Crippen molar-refractivity contribution in [1.29, 1.82) is 0 Å².